The SMILES string of the molecule is Cc1nn(-c2nc(-c3ccc(Cl)cc3)cs2)c(C)c1CC(=O)Nc1cccc(C(F)(F)F)c1. The molecule has 1 amide bonds. The van der Waals surface area contributed by atoms with E-state index in [4.69, 9.17) is 11.6 Å². The zero-order chi connectivity index (χ0) is 23.8. The summed E-state index contributed by atoms with van der Waals surface area (Å²) in [6, 6.07) is 11.9. The number of rotatable bonds is 5. The van der Waals surface area contributed by atoms with Crippen LogP contribution in [0.3, 0.4) is 0 Å². The van der Waals surface area contributed by atoms with Gasteiger partial charge in [-0.1, -0.05) is 29.8 Å². The minimum atomic E-state index is -4.48. The molecule has 0 spiro atoms. The summed E-state index contributed by atoms with van der Waals surface area (Å²) in [5, 5.41) is 10.3. The molecule has 4 aromatic rings. The molecule has 5 nitrogen and oxygen atoms in total. The zero-order valence-electron chi connectivity index (χ0n) is 17.6. The summed E-state index contributed by atoms with van der Waals surface area (Å²) in [6.07, 6.45) is -4.50. The van der Waals surface area contributed by atoms with Crippen LogP contribution in [0.1, 0.15) is 22.5 Å². The van der Waals surface area contributed by atoms with Crippen molar-refractivity contribution in [3.05, 3.63) is 81.4 Å². The first-order chi connectivity index (χ1) is 15.6. The number of amides is 1. The van der Waals surface area contributed by atoms with Crippen molar-refractivity contribution in [2.45, 2.75) is 26.4 Å². The molecule has 2 aromatic carbocycles. The molecule has 0 radical (unpaired) electrons. The van der Waals surface area contributed by atoms with Crippen LogP contribution in [0, 0.1) is 13.8 Å². The van der Waals surface area contributed by atoms with Gasteiger partial charge in [-0.15, -0.1) is 11.3 Å². The molecule has 2 heterocycles. The number of halogens is 4. The van der Waals surface area contributed by atoms with Crippen LogP contribution in [-0.2, 0) is 17.4 Å². The Morgan fingerprint density at radius 1 is 1.15 bits per heavy atom. The molecule has 0 saturated carbocycles. The Bertz CT molecular complexity index is 1310. The number of benzene rings is 2. The van der Waals surface area contributed by atoms with E-state index >= 15 is 0 Å². The van der Waals surface area contributed by atoms with Gasteiger partial charge >= 0.3 is 6.18 Å². The average molecular weight is 491 g/mol. The van der Waals surface area contributed by atoms with Crippen LogP contribution >= 0.6 is 22.9 Å². The maximum atomic E-state index is 12.9. The van der Waals surface area contributed by atoms with Crippen LogP contribution < -0.4 is 5.32 Å². The number of nitrogens with one attached hydrogen (secondary N) is 1. The van der Waals surface area contributed by atoms with Gasteiger partial charge < -0.3 is 5.32 Å². The van der Waals surface area contributed by atoms with Gasteiger partial charge in [0.25, 0.3) is 0 Å². The van der Waals surface area contributed by atoms with Gasteiger partial charge in [-0.05, 0) is 44.2 Å². The molecule has 0 bridgehead atoms. The van der Waals surface area contributed by atoms with Gasteiger partial charge in [0.1, 0.15) is 0 Å². The van der Waals surface area contributed by atoms with Gasteiger partial charge in [0.2, 0.25) is 11.0 Å². The number of alkyl halides is 3. The highest BCUT2D eigenvalue weighted by Gasteiger charge is 2.30. The molecule has 0 unspecified atom stereocenters. The normalized spacial score (nSPS) is 11.6. The van der Waals surface area contributed by atoms with Gasteiger partial charge in [0, 0.05) is 32.9 Å². The number of hydrogen-bond donors (Lipinski definition) is 1. The first-order valence-electron chi connectivity index (χ1n) is 9.86. The highest BCUT2D eigenvalue weighted by atomic mass is 35.5. The van der Waals surface area contributed by atoms with E-state index in [0.29, 0.717) is 21.4 Å². The van der Waals surface area contributed by atoms with Crippen molar-refractivity contribution in [3.8, 4) is 16.4 Å². The molecule has 10 heteroatoms. The van der Waals surface area contributed by atoms with E-state index < -0.39 is 17.6 Å². The van der Waals surface area contributed by atoms with Crippen molar-refractivity contribution in [3.63, 3.8) is 0 Å². The Morgan fingerprint density at radius 2 is 1.88 bits per heavy atom. The Labute approximate surface area is 196 Å². The molecule has 0 aliphatic heterocycles. The van der Waals surface area contributed by atoms with E-state index in [1.54, 1.807) is 23.7 Å². The van der Waals surface area contributed by atoms with Crippen LogP contribution in [0.25, 0.3) is 16.4 Å². The summed E-state index contributed by atoms with van der Waals surface area (Å²) in [4.78, 5) is 17.2. The smallest absolute Gasteiger partial charge is 0.326 e. The van der Waals surface area contributed by atoms with Crippen LogP contribution in [0.4, 0.5) is 18.9 Å². The Balaban J connectivity index is 1.53. The van der Waals surface area contributed by atoms with E-state index in [0.717, 1.165) is 29.1 Å². The maximum Gasteiger partial charge on any atom is 0.416 e. The van der Waals surface area contributed by atoms with Crippen molar-refractivity contribution in [2.75, 3.05) is 5.32 Å². The summed E-state index contributed by atoms with van der Waals surface area (Å²) in [5.41, 5.74) is 3.05. The third-order valence-electron chi connectivity index (χ3n) is 5.07. The molecule has 0 aliphatic rings. The molecule has 0 fully saturated rings. The maximum absolute atomic E-state index is 12.9. The van der Waals surface area contributed by atoms with E-state index in [9.17, 15) is 18.0 Å². The highest BCUT2D eigenvalue weighted by molar-refractivity contribution is 7.12. The lowest BCUT2D eigenvalue weighted by atomic mass is 10.1. The third-order valence-corrected chi connectivity index (χ3v) is 6.13. The summed E-state index contributed by atoms with van der Waals surface area (Å²) in [5.74, 6) is -0.430. The molecule has 0 aliphatic carbocycles. The van der Waals surface area contributed by atoms with Crippen molar-refractivity contribution >= 4 is 34.5 Å². The van der Waals surface area contributed by atoms with Crippen molar-refractivity contribution in [2.24, 2.45) is 0 Å². The van der Waals surface area contributed by atoms with Crippen molar-refractivity contribution in [1.82, 2.24) is 14.8 Å². The fraction of sp³-hybridized carbons (Fsp3) is 0.174. The second-order valence-electron chi connectivity index (χ2n) is 7.39. The fourth-order valence-corrected chi connectivity index (χ4v) is 4.33. The van der Waals surface area contributed by atoms with Crippen LogP contribution in [0.5, 0.6) is 0 Å². The lowest BCUT2D eigenvalue weighted by molar-refractivity contribution is -0.137. The van der Waals surface area contributed by atoms with Crippen molar-refractivity contribution < 1.29 is 18.0 Å². The predicted molar refractivity (Wildman–Crippen MR) is 123 cm³/mol. The van der Waals surface area contributed by atoms with Gasteiger partial charge in [0.05, 0.1) is 23.4 Å². The average Bonchev–Trinajstić information content (AvgIpc) is 3.34. The largest absolute Gasteiger partial charge is 0.416 e. The molecule has 4 rings (SSSR count). The Kier molecular flexibility index (Phi) is 6.27. The highest BCUT2D eigenvalue weighted by Crippen LogP contribution is 2.31. The van der Waals surface area contributed by atoms with Crippen LogP contribution in [-0.4, -0.2) is 20.7 Å². The summed E-state index contributed by atoms with van der Waals surface area (Å²) < 4.78 is 40.4. The first kappa shape index (κ1) is 23.0. The second-order valence-corrected chi connectivity index (χ2v) is 8.66. The Morgan fingerprint density at radius 3 is 2.58 bits per heavy atom. The first-order valence-corrected chi connectivity index (χ1v) is 11.1. The second kappa shape index (κ2) is 8.99. The third kappa shape index (κ3) is 5.09. The van der Waals surface area contributed by atoms with Gasteiger partial charge in [-0.2, -0.15) is 18.3 Å². The zero-order valence-corrected chi connectivity index (χ0v) is 19.1. The molecular formula is C23H18ClF3N4OS. The minimum absolute atomic E-state index is 0.0245. The molecule has 0 atom stereocenters. The van der Waals surface area contributed by atoms with E-state index in [-0.39, 0.29) is 12.1 Å². The van der Waals surface area contributed by atoms with Crippen LogP contribution in [0.15, 0.2) is 53.9 Å². The number of hydrogen-bond acceptors (Lipinski definition) is 4. The number of thiazole rings is 1. The fourth-order valence-electron chi connectivity index (χ4n) is 3.37. The van der Waals surface area contributed by atoms with Gasteiger partial charge in [-0.25, -0.2) is 9.67 Å². The van der Waals surface area contributed by atoms with E-state index in [1.165, 1.54) is 23.5 Å². The van der Waals surface area contributed by atoms with Gasteiger partial charge in [-0.3, -0.25) is 4.79 Å². The standard InChI is InChI=1S/C23H18ClF3N4OS/c1-13-19(11-21(32)28-18-5-3-4-16(10-18)23(25,26)27)14(2)31(30-13)22-29-20(12-33-22)15-6-8-17(24)9-7-15/h3-10,12H,11H2,1-2H3,(H,28,32). The number of anilines is 1. The number of carbonyl (C=O) groups is 1. The molecule has 2 aromatic heterocycles. The lowest BCUT2D eigenvalue weighted by Gasteiger charge is -2.10. The number of aryl methyl sites for hydroxylation is 1. The topological polar surface area (TPSA) is 59.8 Å². The predicted octanol–water partition coefficient (Wildman–Crippen LogP) is 6.47. The minimum Gasteiger partial charge on any atom is -0.326 e. The molecule has 170 valence electrons. The summed E-state index contributed by atoms with van der Waals surface area (Å²) in [7, 11) is 0. The van der Waals surface area contributed by atoms with Gasteiger partial charge in [0.15, 0.2) is 0 Å². The van der Waals surface area contributed by atoms with Crippen LogP contribution in [0.2, 0.25) is 5.02 Å². The van der Waals surface area contributed by atoms with E-state index in [2.05, 4.69) is 15.4 Å². The molecule has 1 N–H and O–H groups in total. The number of carbonyl (C=O) groups excluding carboxylic acids is 1. The lowest BCUT2D eigenvalue weighted by Crippen LogP contribution is -2.16. The Hall–Kier alpha value is -3.17. The van der Waals surface area contributed by atoms with E-state index in [1.807, 2.05) is 24.4 Å². The summed E-state index contributed by atoms with van der Waals surface area (Å²) in [6.45, 7) is 3.61. The number of nitrogens with zero attached hydrogens (tertiary/aromatic N) is 3. The monoisotopic (exact) mass is 490 g/mol. The molecular weight excluding hydrogens is 473 g/mol. The molecule has 0 saturated heterocycles. The number of aromatic nitrogens is 3. The summed E-state index contributed by atoms with van der Waals surface area (Å²) >= 11 is 7.36. The molecule has 33 heavy (non-hydrogen) atoms. The quantitative estimate of drug-likeness (QED) is 0.349. The van der Waals surface area contributed by atoms with Crippen molar-refractivity contribution in [1.29, 1.82) is 0 Å².